The predicted molar refractivity (Wildman–Crippen MR) is 52.8 cm³/mol. The lowest BCUT2D eigenvalue weighted by Gasteiger charge is -2.11. The monoisotopic (exact) mass is 220 g/mol. The first-order chi connectivity index (χ1) is 6.49. The topological polar surface area (TPSA) is 71.4 Å². The smallest absolute Gasteiger partial charge is 0.322 e. The summed E-state index contributed by atoms with van der Waals surface area (Å²) in [5, 5.41) is 7.70. The molecule has 0 bridgehead atoms. The van der Waals surface area contributed by atoms with Crippen LogP contribution in [0.2, 0.25) is 0 Å². The third kappa shape index (κ3) is 2.70. The minimum atomic E-state index is -3.42. The fourth-order valence-corrected chi connectivity index (χ4v) is 3.63. The van der Waals surface area contributed by atoms with Crippen LogP contribution in [0.15, 0.2) is 0 Å². The molecule has 1 aliphatic rings. The highest BCUT2D eigenvalue weighted by Crippen LogP contribution is 2.36. The lowest BCUT2D eigenvalue weighted by Crippen LogP contribution is -2.34. The SMILES string of the molecule is CCCCS(=O)(=O)C(C(=O)O)C1CC1. The molecule has 1 aliphatic carbocycles. The van der Waals surface area contributed by atoms with Gasteiger partial charge >= 0.3 is 5.97 Å². The fraction of sp³-hybridized carbons (Fsp3) is 0.889. The Morgan fingerprint density at radius 2 is 2.07 bits per heavy atom. The van der Waals surface area contributed by atoms with Crippen LogP contribution in [0.1, 0.15) is 32.6 Å². The van der Waals surface area contributed by atoms with Crippen molar-refractivity contribution in [3.63, 3.8) is 0 Å². The highest BCUT2D eigenvalue weighted by molar-refractivity contribution is 7.92. The van der Waals surface area contributed by atoms with Gasteiger partial charge in [-0.2, -0.15) is 0 Å². The van der Waals surface area contributed by atoms with Gasteiger partial charge in [0.25, 0.3) is 0 Å². The van der Waals surface area contributed by atoms with Gasteiger partial charge in [0.2, 0.25) is 0 Å². The van der Waals surface area contributed by atoms with E-state index >= 15 is 0 Å². The van der Waals surface area contributed by atoms with E-state index in [0.29, 0.717) is 6.42 Å². The third-order valence-electron chi connectivity index (χ3n) is 2.46. The molecule has 5 heteroatoms. The normalized spacial score (nSPS) is 19.2. The van der Waals surface area contributed by atoms with Crippen molar-refractivity contribution in [1.29, 1.82) is 0 Å². The van der Waals surface area contributed by atoms with Crippen molar-refractivity contribution in [2.24, 2.45) is 5.92 Å². The van der Waals surface area contributed by atoms with Gasteiger partial charge in [0.05, 0.1) is 5.75 Å². The molecule has 4 nitrogen and oxygen atoms in total. The number of carboxylic acid groups (broad SMARTS) is 1. The molecule has 1 fully saturated rings. The number of hydrogen-bond acceptors (Lipinski definition) is 3. The molecule has 1 N–H and O–H groups in total. The Kier molecular flexibility index (Phi) is 3.53. The summed E-state index contributed by atoms with van der Waals surface area (Å²) >= 11 is 0. The largest absolute Gasteiger partial charge is 0.480 e. The highest BCUT2D eigenvalue weighted by Gasteiger charge is 2.44. The molecule has 14 heavy (non-hydrogen) atoms. The van der Waals surface area contributed by atoms with E-state index < -0.39 is 21.1 Å². The van der Waals surface area contributed by atoms with Gasteiger partial charge in [-0.25, -0.2) is 8.42 Å². The number of unbranched alkanes of at least 4 members (excludes halogenated alkanes) is 1. The molecule has 0 radical (unpaired) electrons. The molecule has 1 rings (SSSR count). The van der Waals surface area contributed by atoms with Crippen LogP contribution in [0.25, 0.3) is 0 Å². The van der Waals surface area contributed by atoms with Crippen LogP contribution < -0.4 is 0 Å². The Hall–Kier alpha value is -0.580. The van der Waals surface area contributed by atoms with Crippen LogP contribution in [0.4, 0.5) is 0 Å². The molecule has 0 aromatic carbocycles. The average Bonchev–Trinajstić information content (AvgIpc) is 2.84. The molecule has 82 valence electrons. The fourth-order valence-electron chi connectivity index (χ4n) is 1.52. The first kappa shape index (κ1) is 11.5. The van der Waals surface area contributed by atoms with E-state index in [-0.39, 0.29) is 11.7 Å². The summed E-state index contributed by atoms with van der Waals surface area (Å²) in [7, 11) is -3.42. The number of aliphatic carboxylic acids is 1. The van der Waals surface area contributed by atoms with Gasteiger partial charge in [0.15, 0.2) is 15.1 Å². The summed E-state index contributed by atoms with van der Waals surface area (Å²) in [5.41, 5.74) is 0. The van der Waals surface area contributed by atoms with E-state index in [1.54, 1.807) is 0 Å². The predicted octanol–water partition coefficient (Wildman–Crippen LogP) is 1.06. The van der Waals surface area contributed by atoms with Crippen molar-refractivity contribution in [1.82, 2.24) is 0 Å². The summed E-state index contributed by atoms with van der Waals surface area (Å²) in [4.78, 5) is 10.8. The van der Waals surface area contributed by atoms with E-state index in [4.69, 9.17) is 5.11 Å². The minimum absolute atomic E-state index is 0.0109. The van der Waals surface area contributed by atoms with Crippen LogP contribution in [0, 0.1) is 5.92 Å². The molecule has 1 saturated carbocycles. The van der Waals surface area contributed by atoms with Gasteiger partial charge in [0, 0.05) is 0 Å². The average molecular weight is 220 g/mol. The Bertz CT molecular complexity index is 303. The zero-order valence-electron chi connectivity index (χ0n) is 8.27. The Balaban J connectivity index is 2.70. The number of carbonyl (C=O) groups is 1. The zero-order chi connectivity index (χ0) is 10.8. The molecule has 0 amide bonds. The molecule has 1 atom stereocenters. The maximum atomic E-state index is 11.6. The second kappa shape index (κ2) is 4.29. The Morgan fingerprint density at radius 1 is 1.50 bits per heavy atom. The number of hydrogen-bond donors (Lipinski definition) is 1. The van der Waals surface area contributed by atoms with E-state index in [2.05, 4.69) is 0 Å². The third-order valence-corrected chi connectivity index (χ3v) is 4.68. The quantitative estimate of drug-likeness (QED) is 0.726. The van der Waals surface area contributed by atoms with Crippen LogP contribution >= 0.6 is 0 Å². The summed E-state index contributed by atoms with van der Waals surface area (Å²) in [6.07, 6.45) is 2.81. The molecule has 0 heterocycles. The zero-order valence-corrected chi connectivity index (χ0v) is 9.09. The number of rotatable bonds is 6. The van der Waals surface area contributed by atoms with Crippen molar-refractivity contribution in [3.8, 4) is 0 Å². The molecular weight excluding hydrogens is 204 g/mol. The minimum Gasteiger partial charge on any atom is -0.480 e. The molecule has 0 aromatic rings. The molecular formula is C9H16O4S. The van der Waals surface area contributed by atoms with Crippen molar-refractivity contribution in [3.05, 3.63) is 0 Å². The maximum Gasteiger partial charge on any atom is 0.322 e. The first-order valence-electron chi connectivity index (χ1n) is 4.93. The second-order valence-corrected chi connectivity index (χ2v) is 6.06. The number of carboxylic acids is 1. The van der Waals surface area contributed by atoms with Gasteiger partial charge in [-0.3, -0.25) is 4.79 Å². The van der Waals surface area contributed by atoms with Gasteiger partial charge in [-0.05, 0) is 25.2 Å². The Morgan fingerprint density at radius 3 is 2.43 bits per heavy atom. The molecule has 1 unspecified atom stereocenters. The lowest BCUT2D eigenvalue weighted by atomic mass is 10.3. The first-order valence-corrected chi connectivity index (χ1v) is 6.65. The molecule has 0 aliphatic heterocycles. The maximum absolute atomic E-state index is 11.6. The van der Waals surface area contributed by atoms with Gasteiger partial charge in [-0.1, -0.05) is 13.3 Å². The van der Waals surface area contributed by atoms with E-state index in [1.165, 1.54) is 0 Å². The summed E-state index contributed by atoms with van der Waals surface area (Å²) in [6, 6.07) is 0. The van der Waals surface area contributed by atoms with Crippen molar-refractivity contribution >= 4 is 15.8 Å². The van der Waals surface area contributed by atoms with Crippen LogP contribution in [-0.4, -0.2) is 30.5 Å². The number of sulfone groups is 1. The van der Waals surface area contributed by atoms with Crippen molar-refractivity contribution < 1.29 is 18.3 Å². The van der Waals surface area contributed by atoms with Crippen molar-refractivity contribution in [2.45, 2.75) is 37.9 Å². The van der Waals surface area contributed by atoms with Crippen LogP contribution in [0.3, 0.4) is 0 Å². The van der Waals surface area contributed by atoms with Gasteiger partial charge < -0.3 is 5.11 Å². The Labute approximate surface area is 84.2 Å². The van der Waals surface area contributed by atoms with E-state index in [1.807, 2.05) is 6.92 Å². The standard InChI is InChI=1S/C9H16O4S/c1-2-3-6-14(12,13)8(9(10)11)7-4-5-7/h7-8H,2-6H2,1H3,(H,10,11). The van der Waals surface area contributed by atoms with E-state index in [0.717, 1.165) is 19.3 Å². The summed E-state index contributed by atoms with van der Waals surface area (Å²) < 4.78 is 23.3. The van der Waals surface area contributed by atoms with Gasteiger partial charge in [0.1, 0.15) is 0 Å². The van der Waals surface area contributed by atoms with E-state index in [9.17, 15) is 13.2 Å². The second-order valence-electron chi connectivity index (χ2n) is 3.82. The summed E-state index contributed by atoms with van der Waals surface area (Å²) in [5.74, 6) is -1.30. The van der Waals surface area contributed by atoms with Gasteiger partial charge in [-0.15, -0.1) is 0 Å². The molecule has 0 aromatic heterocycles. The van der Waals surface area contributed by atoms with Crippen molar-refractivity contribution in [2.75, 3.05) is 5.75 Å². The van der Waals surface area contributed by atoms with Crippen LogP contribution in [-0.2, 0) is 14.6 Å². The molecule has 0 saturated heterocycles. The highest BCUT2D eigenvalue weighted by atomic mass is 32.2. The lowest BCUT2D eigenvalue weighted by molar-refractivity contribution is -0.136. The summed E-state index contributed by atoms with van der Waals surface area (Å²) in [6.45, 7) is 1.89. The molecule has 0 spiro atoms. The van der Waals surface area contributed by atoms with Crippen LogP contribution in [0.5, 0.6) is 0 Å².